The van der Waals surface area contributed by atoms with Crippen molar-refractivity contribution in [1.29, 1.82) is 0 Å². The van der Waals surface area contributed by atoms with E-state index in [1.54, 1.807) is 7.05 Å². The van der Waals surface area contributed by atoms with Crippen LogP contribution in [0.2, 0.25) is 0 Å². The molecule has 5 heteroatoms. The highest BCUT2D eigenvalue weighted by atomic mass is 16.2. The Labute approximate surface area is 168 Å². The molecule has 0 fully saturated rings. The third kappa shape index (κ3) is 5.92. The molecule has 3 N–H and O–H groups in total. The van der Waals surface area contributed by atoms with Crippen molar-refractivity contribution in [1.82, 2.24) is 10.6 Å². The summed E-state index contributed by atoms with van der Waals surface area (Å²) in [6.07, 6.45) is 1.93. The molecule has 0 bridgehead atoms. The fourth-order valence-corrected chi connectivity index (χ4v) is 3.21. The zero-order valence-corrected chi connectivity index (χ0v) is 17.3. The van der Waals surface area contributed by atoms with Crippen molar-refractivity contribution in [3.8, 4) is 0 Å². The molecule has 0 heterocycles. The average Bonchev–Trinajstić information content (AvgIpc) is 2.73. The standard InChI is InChI=1S/C23H31N3O2/c1-5-9-21(19-10-7-6-8-11-19)25-22(27)17(2)26(4)16-18-12-14-20(15-13-18)23(28)24-3/h6-8,10-15,17,21H,5,9,16H2,1-4H3,(H,24,28)(H,25,27)/p+1/t17-,21+/m1/s1. The van der Waals surface area contributed by atoms with E-state index in [-0.39, 0.29) is 23.9 Å². The second-order valence-corrected chi connectivity index (χ2v) is 7.28. The lowest BCUT2D eigenvalue weighted by Crippen LogP contribution is -3.12. The van der Waals surface area contributed by atoms with E-state index in [2.05, 4.69) is 29.7 Å². The lowest BCUT2D eigenvalue weighted by molar-refractivity contribution is -0.908. The van der Waals surface area contributed by atoms with Crippen LogP contribution in [-0.4, -0.2) is 32.0 Å². The largest absolute Gasteiger partial charge is 0.355 e. The van der Waals surface area contributed by atoms with Crippen LogP contribution < -0.4 is 15.5 Å². The lowest BCUT2D eigenvalue weighted by Gasteiger charge is -2.25. The SMILES string of the molecule is CCC[C@H](NC(=O)[C@@H](C)[NH+](C)Cc1ccc(C(=O)NC)cc1)c1ccccc1. The molecule has 3 atom stereocenters. The smallest absolute Gasteiger partial charge is 0.278 e. The van der Waals surface area contributed by atoms with Gasteiger partial charge in [0.1, 0.15) is 6.54 Å². The Morgan fingerprint density at radius 1 is 1.04 bits per heavy atom. The van der Waals surface area contributed by atoms with E-state index in [0.717, 1.165) is 28.9 Å². The van der Waals surface area contributed by atoms with E-state index < -0.39 is 0 Å². The topological polar surface area (TPSA) is 62.6 Å². The number of nitrogens with one attached hydrogen (secondary N) is 3. The van der Waals surface area contributed by atoms with E-state index in [9.17, 15) is 9.59 Å². The lowest BCUT2D eigenvalue weighted by atomic mass is 10.0. The van der Waals surface area contributed by atoms with Crippen molar-refractivity contribution in [3.05, 3.63) is 71.3 Å². The van der Waals surface area contributed by atoms with Gasteiger partial charge in [-0.05, 0) is 31.0 Å². The summed E-state index contributed by atoms with van der Waals surface area (Å²) in [7, 11) is 3.64. The third-order valence-electron chi connectivity index (χ3n) is 5.15. The highest BCUT2D eigenvalue weighted by Gasteiger charge is 2.24. The summed E-state index contributed by atoms with van der Waals surface area (Å²) in [6, 6.07) is 17.5. The Balaban J connectivity index is 1.98. The van der Waals surface area contributed by atoms with Crippen LogP contribution in [-0.2, 0) is 11.3 Å². The van der Waals surface area contributed by atoms with Gasteiger partial charge in [0.25, 0.3) is 11.8 Å². The van der Waals surface area contributed by atoms with Gasteiger partial charge in [0.15, 0.2) is 6.04 Å². The fourth-order valence-electron chi connectivity index (χ4n) is 3.21. The number of likely N-dealkylation sites (N-methyl/N-ethyl adjacent to an activating group) is 1. The van der Waals surface area contributed by atoms with Crippen molar-refractivity contribution >= 4 is 11.8 Å². The molecule has 0 aliphatic carbocycles. The zero-order chi connectivity index (χ0) is 20.5. The summed E-state index contributed by atoms with van der Waals surface area (Å²) in [5.41, 5.74) is 2.88. The second kappa shape index (κ2) is 10.6. The quantitative estimate of drug-likeness (QED) is 0.622. The van der Waals surface area contributed by atoms with E-state index in [4.69, 9.17) is 0 Å². The van der Waals surface area contributed by atoms with Gasteiger partial charge < -0.3 is 15.5 Å². The van der Waals surface area contributed by atoms with Gasteiger partial charge in [-0.2, -0.15) is 0 Å². The molecule has 2 amide bonds. The minimum absolute atomic E-state index is 0.0424. The van der Waals surface area contributed by atoms with Crippen molar-refractivity contribution in [2.75, 3.05) is 14.1 Å². The van der Waals surface area contributed by atoms with Gasteiger partial charge in [0.2, 0.25) is 0 Å². The van der Waals surface area contributed by atoms with E-state index >= 15 is 0 Å². The van der Waals surface area contributed by atoms with Crippen LogP contribution in [0.1, 0.15) is 54.2 Å². The summed E-state index contributed by atoms with van der Waals surface area (Å²) in [6.45, 7) is 4.80. The number of amides is 2. The van der Waals surface area contributed by atoms with E-state index in [1.807, 2.05) is 56.4 Å². The van der Waals surface area contributed by atoms with Crippen LogP contribution in [0.25, 0.3) is 0 Å². The molecule has 0 saturated carbocycles. The average molecular weight is 383 g/mol. The van der Waals surface area contributed by atoms with Crippen LogP contribution >= 0.6 is 0 Å². The molecule has 150 valence electrons. The monoisotopic (exact) mass is 382 g/mol. The number of rotatable bonds is 9. The summed E-state index contributed by atoms with van der Waals surface area (Å²) in [5, 5.41) is 5.84. The molecule has 2 rings (SSSR count). The van der Waals surface area contributed by atoms with Gasteiger partial charge in [-0.1, -0.05) is 55.8 Å². The van der Waals surface area contributed by atoms with Crippen molar-refractivity contribution < 1.29 is 14.5 Å². The van der Waals surface area contributed by atoms with Gasteiger partial charge in [0.05, 0.1) is 13.1 Å². The number of quaternary nitrogens is 1. The van der Waals surface area contributed by atoms with Gasteiger partial charge in [-0.3, -0.25) is 9.59 Å². The Bertz CT molecular complexity index is 759. The molecule has 0 radical (unpaired) electrons. The minimum atomic E-state index is -0.179. The van der Waals surface area contributed by atoms with Crippen LogP contribution in [0.3, 0.4) is 0 Å². The van der Waals surface area contributed by atoms with Gasteiger partial charge in [-0.25, -0.2) is 0 Å². The Kier molecular flexibility index (Phi) is 8.20. The van der Waals surface area contributed by atoms with E-state index in [0.29, 0.717) is 12.1 Å². The normalized spacial score (nSPS) is 14.0. The molecule has 0 aliphatic heterocycles. The van der Waals surface area contributed by atoms with E-state index in [1.165, 1.54) is 0 Å². The molecule has 0 aliphatic rings. The summed E-state index contributed by atoms with van der Waals surface area (Å²) < 4.78 is 0. The zero-order valence-electron chi connectivity index (χ0n) is 17.3. The molecular formula is C23H32N3O2+. The third-order valence-corrected chi connectivity index (χ3v) is 5.15. The minimum Gasteiger partial charge on any atom is -0.355 e. The second-order valence-electron chi connectivity index (χ2n) is 7.28. The molecule has 0 spiro atoms. The maximum atomic E-state index is 12.8. The molecule has 0 aromatic heterocycles. The van der Waals surface area contributed by atoms with Crippen LogP contribution in [0.15, 0.2) is 54.6 Å². The highest BCUT2D eigenvalue weighted by Crippen LogP contribution is 2.18. The van der Waals surface area contributed by atoms with Crippen LogP contribution in [0.4, 0.5) is 0 Å². The Morgan fingerprint density at radius 3 is 2.25 bits per heavy atom. The molecule has 1 unspecified atom stereocenters. The van der Waals surface area contributed by atoms with Crippen molar-refractivity contribution in [3.63, 3.8) is 0 Å². The molecule has 2 aromatic carbocycles. The predicted molar refractivity (Wildman–Crippen MR) is 112 cm³/mol. The number of benzene rings is 2. The summed E-state index contributed by atoms with van der Waals surface area (Å²) in [4.78, 5) is 25.6. The molecule has 5 nitrogen and oxygen atoms in total. The van der Waals surface area contributed by atoms with Gasteiger partial charge in [0, 0.05) is 18.2 Å². The van der Waals surface area contributed by atoms with Crippen LogP contribution in [0, 0.1) is 0 Å². The molecule has 28 heavy (non-hydrogen) atoms. The van der Waals surface area contributed by atoms with Gasteiger partial charge in [-0.15, -0.1) is 0 Å². The van der Waals surface area contributed by atoms with Crippen molar-refractivity contribution in [2.45, 2.75) is 45.3 Å². The number of hydrogen-bond donors (Lipinski definition) is 3. The molecule has 2 aromatic rings. The Hall–Kier alpha value is -2.66. The first-order valence-electron chi connectivity index (χ1n) is 9.94. The van der Waals surface area contributed by atoms with Gasteiger partial charge >= 0.3 is 0 Å². The number of carbonyl (C=O) groups excluding carboxylic acids is 2. The maximum absolute atomic E-state index is 12.8. The highest BCUT2D eigenvalue weighted by molar-refractivity contribution is 5.93. The number of carbonyl (C=O) groups is 2. The number of hydrogen-bond acceptors (Lipinski definition) is 2. The fraction of sp³-hybridized carbons (Fsp3) is 0.391. The summed E-state index contributed by atoms with van der Waals surface area (Å²) >= 11 is 0. The molecular weight excluding hydrogens is 350 g/mol. The first-order valence-corrected chi connectivity index (χ1v) is 9.94. The predicted octanol–water partition coefficient (Wildman–Crippen LogP) is 2.11. The first kappa shape index (κ1) is 21.6. The molecule has 0 saturated heterocycles. The maximum Gasteiger partial charge on any atom is 0.278 e. The first-order chi connectivity index (χ1) is 13.5. The van der Waals surface area contributed by atoms with Crippen LogP contribution in [0.5, 0.6) is 0 Å². The summed E-state index contributed by atoms with van der Waals surface area (Å²) in [5.74, 6) is -0.0374. The van der Waals surface area contributed by atoms with Crippen molar-refractivity contribution in [2.24, 2.45) is 0 Å². The Morgan fingerprint density at radius 2 is 1.68 bits per heavy atom.